The largest absolute Gasteiger partial charge is 0.416 e. The molecule has 0 aliphatic rings. The van der Waals surface area contributed by atoms with Gasteiger partial charge in [-0.1, -0.05) is 20.3 Å². The van der Waals surface area contributed by atoms with Gasteiger partial charge in [-0.05, 0) is 48.2 Å². The summed E-state index contributed by atoms with van der Waals surface area (Å²) in [4.78, 5) is 8.50. The van der Waals surface area contributed by atoms with E-state index in [4.69, 9.17) is 11.6 Å². The second-order valence-corrected chi connectivity index (χ2v) is 6.23. The molecule has 1 aromatic heterocycles. The van der Waals surface area contributed by atoms with Gasteiger partial charge in [0.05, 0.1) is 11.3 Å². The minimum atomic E-state index is -4.40. The number of hydrogen-bond acceptors (Lipinski definition) is 4. The Balaban J connectivity index is 2.31. The maximum absolute atomic E-state index is 13.1. The molecule has 0 saturated carbocycles. The Kier molecular flexibility index (Phi) is 6.69. The van der Waals surface area contributed by atoms with Crippen LogP contribution in [0.1, 0.15) is 42.7 Å². The van der Waals surface area contributed by atoms with Crippen LogP contribution in [0.5, 0.6) is 0 Å². The summed E-state index contributed by atoms with van der Waals surface area (Å²) in [7, 11) is 1.59. The summed E-state index contributed by atoms with van der Waals surface area (Å²) in [6.45, 7) is 4.23. The maximum Gasteiger partial charge on any atom is 0.416 e. The van der Waals surface area contributed by atoms with E-state index >= 15 is 0 Å². The van der Waals surface area contributed by atoms with Gasteiger partial charge in [-0.15, -0.1) is 0 Å². The van der Waals surface area contributed by atoms with E-state index in [9.17, 15) is 13.2 Å². The SMILES string of the molecule is CCCc1nc(Cl)nc(NCc2cc(NC)cc(C(F)(F)F)c2)c1CC. The molecule has 4 nitrogen and oxygen atoms in total. The Labute approximate surface area is 156 Å². The Hall–Kier alpha value is -2.02. The van der Waals surface area contributed by atoms with Gasteiger partial charge in [-0.25, -0.2) is 9.97 Å². The first-order chi connectivity index (χ1) is 12.3. The molecule has 0 aliphatic carbocycles. The smallest absolute Gasteiger partial charge is 0.388 e. The van der Waals surface area contributed by atoms with Gasteiger partial charge in [0.15, 0.2) is 0 Å². The molecule has 0 atom stereocenters. The number of alkyl halides is 3. The number of rotatable bonds is 7. The van der Waals surface area contributed by atoms with Crippen LogP contribution in [-0.4, -0.2) is 17.0 Å². The zero-order valence-corrected chi connectivity index (χ0v) is 15.7. The first-order valence-corrected chi connectivity index (χ1v) is 8.84. The third-order valence-corrected chi connectivity index (χ3v) is 4.14. The van der Waals surface area contributed by atoms with Gasteiger partial charge >= 0.3 is 6.18 Å². The van der Waals surface area contributed by atoms with E-state index in [0.717, 1.165) is 36.2 Å². The number of nitrogens with one attached hydrogen (secondary N) is 2. The number of aryl methyl sites for hydroxylation is 1. The predicted molar refractivity (Wildman–Crippen MR) is 98.7 cm³/mol. The lowest BCUT2D eigenvalue weighted by Gasteiger charge is -2.16. The minimum Gasteiger partial charge on any atom is -0.388 e. The normalized spacial score (nSPS) is 11.5. The highest BCUT2D eigenvalue weighted by Gasteiger charge is 2.31. The Morgan fingerprint density at radius 2 is 1.85 bits per heavy atom. The van der Waals surface area contributed by atoms with Crippen molar-refractivity contribution in [2.75, 3.05) is 17.7 Å². The van der Waals surface area contributed by atoms with Gasteiger partial charge in [0.1, 0.15) is 5.82 Å². The molecule has 0 unspecified atom stereocenters. The van der Waals surface area contributed by atoms with Crippen molar-refractivity contribution >= 4 is 23.1 Å². The average Bonchev–Trinajstić information content (AvgIpc) is 2.59. The monoisotopic (exact) mass is 386 g/mol. The van der Waals surface area contributed by atoms with E-state index in [1.54, 1.807) is 13.1 Å². The van der Waals surface area contributed by atoms with E-state index in [1.165, 1.54) is 0 Å². The molecule has 1 heterocycles. The summed E-state index contributed by atoms with van der Waals surface area (Å²) in [5, 5.41) is 6.01. The van der Waals surface area contributed by atoms with Crippen molar-refractivity contribution in [3.8, 4) is 0 Å². The molecule has 0 radical (unpaired) electrons. The highest BCUT2D eigenvalue weighted by Crippen LogP contribution is 2.32. The number of benzene rings is 1. The van der Waals surface area contributed by atoms with Crippen molar-refractivity contribution in [3.63, 3.8) is 0 Å². The second-order valence-electron chi connectivity index (χ2n) is 5.89. The van der Waals surface area contributed by atoms with Crippen LogP contribution in [0.2, 0.25) is 5.28 Å². The highest BCUT2D eigenvalue weighted by molar-refractivity contribution is 6.28. The zero-order valence-electron chi connectivity index (χ0n) is 15.0. The minimum absolute atomic E-state index is 0.133. The van der Waals surface area contributed by atoms with Crippen LogP contribution in [-0.2, 0) is 25.6 Å². The van der Waals surface area contributed by atoms with Crippen molar-refractivity contribution in [2.24, 2.45) is 0 Å². The van der Waals surface area contributed by atoms with Crippen LogP contribution in [0.3, 0.4) is 0 Å². The third-order valence-electron chi connectivity index (χ3n) is 3.97. The van der Waals surface area contributed by atoms with Crippen molar-refractivity contribution in [1.82, 2.24) is 9.97 Å². The van der Waals surface area contributed by atoms with Crippen LogP contribution in [0.4, 0.5) is 24.7 Å². The molecule has 8 heteroatoms. The second kappa shape index (κ2) is 8.58. The topological polar surface area (TPSA) is 49.8 Å². The van der Waals surface area contributed by atoms with Crippen molar-refractivity contribution in [1.29, 1.82) is 0 Å². The first kappa shape index (κ1) is 20.3. The predicted octanol–water partition coefficient (Wildman–Crippen LogP) is 5.32. The molecule has 26 heavy (non-hydrogen) atoms. The lowest BCUT2D eigenvalue weighted by molar-refractivity contribution is -0.137. The summed E-state index contributed by atoms with van der Waals surface area (Å²) in [6, 6.07) is 3.89. The third kappa shape index (κ3) is 5.00. The van der Waals surface area contributed by atoms with Gasteiger partial charge in [-0.3, -0.25) is 0 Å². The van der Waals surface area contributed by atoms with Crippen LogP contribution >= 0.6 is 11.6 Å². The summed E-state index contributed by atoms with van der Waals surface area (Å²) >= 11 is 6.01. The first-order valence-electron chi connectivity index (χ1n) is 8.46. The van der Waals surface area contributed by atoms with Gasteiger partial charge in [0.25, 0.3) is 0 Å². The highest BCUT2D eigenvalue weighted by atomic mass is 35.5. The van der Waals surface area contributed by atoms with Crippen LogP contribution < -0.4 is 10.6 Å². The summed E-state index contributed by atoms with van der Waals surface area (Å²) in [6.07, 6.45) is -2.01. The Bertz CT molecular complexity index is 763. The van der Waals surface area contributed by atoms with Crippen molar-refractivity contribution < 1.29 is 13.2 Å². The molecule has 1 aromatic carbocycles. The summed E-state index contributed by atoms with van der Waals surface area (Å²) < 4.78 is 39.2. The molecule has 0 amide bonds. The molecule has 2 N–H and O–H groups in total. The molecular weight excluding hydrogens is 365 g/mol. The number of hydrogen-bond donors (Lipinski definition) is 2. The lowest BCUT2D eigenvalue weighted by Crippen LogP contribution is -2.11. The van der Waals surface area contributed by atoms with E-state index in [2.05, 4.69) is 20.6 Å². The van der Waals surface area contributed by atoms with E-state index in [0.29, 0.717) is 23.5 Å². The fourth-order valence-electron chi connectivity index (χ4n) is 2.75. The molecular formula is C18H22ClF3N4. The standard InChI is InChI=1S/C18H22ClF3N4/c1-4-6-15-14(5-2)16(26-17(19)25-15)24-10-11-7-12(18(20,21)22)9-13(8-11)23-3/h7-9,23H,4-6,10H2,1-3H3,(H,24,25,26). The number of aromatic nitrogens is 2. The number of anilines is 2. The Morgan fingerprint density at radius 3 is 2.42 bits per heavy atom. The molecule has 2 rings (SSSR count). The summed E-state index contributed by atoms with van der Waals surface area (Å²) in [5.41, 5.74) is 2.02. The quantitative estimate of drug-likeness (QED) is 0.632. The maximum atomic E-state index is 13.1. The van der Waals surface area contributed by atoms with E-state index < -0.39 is 11.7 Å². The fourth-order valence-corrected chi connectivity index (χ4v) is 2.94. The van der Waals surface area contributed by atoms with Crippen LogP contribution in [0.25, 0.3) is 0 Å². The molecule has 0 fully saturated rings. The number of nitrogens with zero attached hydrogens (tertiary/aromatic N) is 2. The van der Waals surface area contributed by atoms with Crippen LogP contribution in [0, 0.1) is 0 Å². The molecule has 0 bridgehead atoms. The fraction of sp³-hybridized carbons (Fsp3) is 0.444. The van der Waals surface area contributed by atoms with Crippen molar-refractivity contribution in [2.45, 2.75) is 45.8 Å². The molecule has 2 aromatic rings. The molecule has 142 valence electrons. The van der Waals surface area contributed by atoms with E-state index in [-0.39, 0.29) is 11.8 Å². The van der Waals surface area contributed by atoms with Gasteiger partial charge in [0.2, 0.25) is 5.28 Å². The van der Waals surface area contributed by atoms with Gasteiger partial charge < -0.3 is 10.6 Å². The van der Waals surface area contributed by atoms with Crippen LogP contribution in [0.15, 0.2) is 18.2 Å². The van der Waals surface area contributed by atoms with Gasteiger partial charge in [0, 0.05) is 24.8 Å². The summed E-state index contributed by atoms with van der Waals surface area (Å²) in [5.74, 6) is 0.569. The Morgan fingerprint density at radius 1 is 1.12 bits per heavy atom. The van der Waals surface area contributed by atoms with E-state index in [1.807, 2.05) is 13.8 Å². The lowest BCUT2D eigenvalue weighted by atomic mass is 10.1. The zero-order chi connectivity index (χ0) is 19.3. The van der Waals surface area contributed by atoms with Gasteiger partial charge in [-0.2, -0.15) is 13.2 Å². The molecule has 0 saturated heterocycles. The average molecular weight is 387 g/mol. The molecule has 0 aliphatic heterocycles. The molecule has 0 spiro atoms. The number of halogens is 4. The van der Waals surface area contributed by atoms with Crippen molar-refractivity contribution in [3.05, 3.63) is 45.9 Å².